The molecule has 3 atom stereocenters. The van der Waals surface area contributed by atoms with Crippen molar-refractivity contribution in [3.8, 4) is 17.2 Å². The van der Waals surface area contributed by atoms with Gasteiger partial charge < -0.3 is 51.8 Å². The molecule has 0 aliphatic carbocycles. The van der Waals surface area contributed by atoms with E-state index in [2.05, 4.69) is 62.5 Å². The Morgan fingerprint density at radius 1 is 0.737 bits per heavy atom. The van der Waals surface area contributed by atoms with Crippen molar-refractivity contribution in [2.24, 2.45) is 0 Å². The first-order valence-corrected chi connectivity index (χ1v) is 22.4. The van der Waals surface area contributed by atoms with Gasteiger partial charge in [0.05, 0.1) is 19.8 Å². The van der Waals surface area contributed by atoms with Crippen LogP contribution in [0.15, 0.2) is 48.5 Å². The largest absolute Gasteiger partial charge is 0.500 e. The van der Waals surface area contributed by atoms with Gasteiger partial charge in [-0.05, 0) is 125 Å². The van der Waals surface area contributed by atoms with Gasteiger partial charge in [0, 0.05) is 39.0 Å². The first-order valence-electron chi connectivity index (χ1n) is 20.5. The summed E-state index contributed by atoms with van der Waals surface area (Å²) in [5.74, 6) is 2.46. The number of aryl methyl sites for hydroxylation is 1. The van der Waals surface area contributed by atoms with Crippen molar-refractivity contribution in [1.29, 1.82) is 0 Å². The van der Waals surface area contributed by atoms with E-state index in [1.807, 2.05) is 39.8 Å². The zero-order chi connectivity index (χ0) is 40.6. The van der Waals surface area contributed by atoms with Gasteiger partial charge in [0.15, 0.2) is 6.10 Å². The highest BCUT2D eigenvalue weighted by Gasteiger charge is 2.39. The topological polar surface area (TPSA) is 128 Å². The molecule has 12 nitrogen and oxygen atoms in total. The minimum Gasteiger partial charge on any atom is -0.491 e. The van der Waals surface area contributed by atoms with Gasteiger partial charge in [0.25, 0.3) is 0 Å². The highest BCUT2D eigenvalue weighted by Crippen LogP contribution is 2.32. The van der Waals surface area contributed by atoms with Crippen molar-refractivity contribution >= 4 is 14.9 Å². The molecule has 2 fully saturated rings. The Kier molecular flexibility index (Phi) is 17.5. The number of nitrogens with one attached hydrogen (secondary N) is 1. The molecule has 1 amide bonds. The zero-order valence-corrected chi connectivity index (χ0v) is 35.9. The van der Waals surface area contributed by atoms with Crippen molar-refractivity contribution in [2.45, 2.75) is 92.1 Å². The lowest BCUT2D eigenvalue weighted by molar-refractivity contribution is 0.00149. The maximum atomic E-state index is 13.0. The Morgan fingerprint density at radius 2 is 1.37 bits per heavy atom. The van der Waals surface area contributed by atoms with Crippen LogP contribution < -0.4 is 19.5 Å². The number of carbonyl (C=O) groups is 1. The Hall–Kier alpha value is -3.69. The average molecular weight is 810 g/mol. The predicted molar refractivity (Wildman–Crippen MR) is 220 cm³/mol. The van der Waals surface area contributed by atoms with Crippen LogP contribution in [0.3, 0.4) is 0 Å². The molecule has 314 valence electrons. The average Bonchev–Trinajstić information content (AvgIpc) is 4.14. The van der Waals surface area contributed by atoms with E-state index in [0.717, 1.165) is 69.4 Å². The molecule has 2 aliphatic heterocycles. The lowest BCUT2D eigenvalue weighted by atomic mass is 9.93. The van der Waals surface area contributed by atoms with Crippen LogP contribution in [0.1, 0.15) is 73.1 Å². The molecule has 0 aromatic heterocycles. The van der Waals surface area contributed by atoms with E-state index in [0.29, 0.717) is 71.5 Å². The van der Waals surface area contributed by atoms with Crippen molar-refractivity contribution in [1.82, 2.24) is 5.32 Å². The fraction of sp³-hybridized carbons (Fsp3) is 0.568. The summed E-state index contributed by atoms with van der Waals surface area (Å²) in [5.41, 5.74) is 7.71. The molecule has 3 aromatic rings. The number of ether oxygens (including phenoxy) is 7. The molecule has 13 heteroatoms. The molecule has 0 bridgehead atoms. The van der Waals surface area contributed by atoms with E-state index >= 15 is 0 Å². The second kappa shape index (κ2) is 22.5. The van der Waals surface area contributed by atoms with Crippen LogP contribution in [-0.2, 0) is 45.1 Å². The Labute approximate surface area is 340 Å². The smallest absolute Gasteiger partial charge is 0.491 e. The van der Waals surface area contributed by atoms with E-state index in [1.165, 1.54) is 0 Å². The first kappa shape index (κ1) is 44.4. The fourth-order valence-corrected chi connectivity index (χ4v) is 9.15. The second-order valence-electron chi connectivity index (χ2n) is 14.4. The number of hydrogen-bond donors (Lipinski definition) is 1. The van der Waals surface area contributed by atoms with Gasteiger partial charge in [-0.3, -0.25) is 0 Å². The van der Waals surface area contributed by atoms with Gasteiger partial charge >= 0.3 is 14.9 Å². The Balaban J connectivity index is 1.30. The van der Waals surface area contributed by atoms with Crippen LogP contribution in [0.25, 0.3) is 0 Å². The molecule has 0 spiro atoms. The highest BCUT2D eigenvalue weighted by molar-refractivity contribution is 6.60. The number of alkyl carbamates (subject to hydrolysis) is 1. The van der Waals surface area contributed by atoms with E-state index in [1.54, 1.807) is 0 Å². The molecular weight excluding hydrogens is 747 g/mol. The molecule has 0 radical (unpaired) electrons. The van der Waals surface area contributed by atoms with Gasteiger partial charge in [-0.25, -0.2) is 4.79 Å². The summed E-state index contributed by atoms with van der Waals surface area (Å²) < 4.78 is 58.9. The number of rotatable bonds is 27. The van der Waals surface area contributed by atoms with Crippen LogP contribution in [0, 0.1) is 20.8 Å². The van der Waals surface area contributed by atoms with Crippen LogP contribution in [0.5, 0.6) is 17.2 Å². The summed E-state index contributed by atoms with van der Waals surface area (Å²) in [7, 11) is -2.81. The van der Waals surface area contributed by atoms with Crippen molar-refractivity contribution in [3.63, 3.8) is 0 Å². The minimum absolute atomic E-state index is 0.115. The molecule has 3 unspecified atom stereocenters. The van der Waals surface area contributed by atoms with Crippen LogP contribution >= 0.6 is 0 Å². The highest BCUT2D eigenvalue weighted by atomic mass is 28.4. The number of carbonyl (C=O) groups excluding carboxylic acids is 1. The number of benzene rings is 3. The number of hydrogen-bond acceptors (Lipinski definition) is 11. The van der Waals surface area contributed by atoms with Gasteiger partial charge in [0.1, 0.15) is 49.3 Å². The summed E-state index contributed by atoms with van der Waals surface area (Å²) in [4.78, 5) is 13.0. The minimum atomic E-state index is -2.81. The Morgan fingerprint density at radius 3 is 2.02 bits per heavy atom. The molecular formula is C44H63NO11Si. The Bertz CT molecular complexity index is 1700. The van der Waals surface area contributed by atoms with Crippen LogP contribution in [0.4, 0.5) is 4.79 Å². The third-order valence-electron chi connectivity index (χ3n) is 9.85. The van der Waals surface area contributed by atoms with Crippen LogP contribution in [0.2, 0.25) is 6.04 Å². The SMILES string of the molecule is CCOCC(COc1cc(Cc2cccc(OCC3CO3)c2C)cc(Cc2ccc(C)c(OCC3CO3)c2)c1C)OC(=O)NCCC[Si](OCC)(OCC)OCC. The summed E-state index contributed by atoms with van der Waals surface area (Å²) in [5, 5.41) is 2.88. The monoisotopic (exact) mass is 809 g/mol. The number of epoxide rings is 2. The van der Waals surface area contributed by atoms with Crippen LogP contribution in [-0.4, -0.2) is 106 Å². The third kappa shape index (κ3) is 14.3. The fourth-order valence-electron chi connectivity index (χ4n) is 6.53. The summed E-state index contributed by atoms with van der Waals surface area (Å²) in [6, 6.07) is 17.5. The lowest BCUT2D eigenvalue weighted by Crippen LogP contribution is -2.46. The summed E-state index contributed by atoms with van der Waals surface area (Å²) in [6.07, 6.45) is 1.15. The zero-order valence-electron chi connectivity index (χ0n) is 34.9. The van der Waals surface area contributed by atoms with E-state index in [4.69, 9.17) is 46.4 Å². The maximum Gasteiger partial charge on any atom is 0.500 e. The van der Waals surface area contributed by atoms with E-state index in [9.17, 15) is 4.79 Å². The van der Waals surface area contributed by atoms with Crippen molar-refractivity contribution < 1.29 is 51.2 Å². The van der Waals surface area contributed by atoms with Crippen molar-refractivity contribution in [3.05, 3.63) is 87.5 Å². The van der Waals surface area contributed by atoms with Crippen molar-refractivity contribution in [2.75, 3.05) is 72.6 Å². The van der Waals surface area contributed by atoms with E-state index in [-0.39, 0.29) is 25.4 Å². The molecule has 2 saturated heterocycles. The third-order valence-corrected chi connectivity index (χ3v) is 13.0. The molecule has 1 N–H and O–H groups in total. The standard InChI is InChI=1S/C44H63NO11Si/c1-8-47-25-40(56-44(46)45-18-13-19-57(53-9-2,54-10-3)55-11-4)30-52-43-24-35(21-36-14-12-15-41(32(36)6)50-28-38-26-48-38)22-37(33(43)7)20-34-17-16-31(5)42(23-34)51-29-39-27-49-39/h12,14-17,22-24,38-40H,8-11,13,18-21,25-30H2,1-7H3,(H,45,46). The van der Waals surface area contributed by atoms with Gasteiger partial charge in [-0.2, -0.15) is 0 Å². The molecule has 57 heavy (non-hydrogen) atoms. The second-order valence-corrected chi connectivity index (χ2v) is 17.1. The molecule has 0 saturated carbocycles. The molecule has 3 aromatic carbocycles. The van der Waals surface area contributed by atoms with Gasteiger partial charge in [-0.15, -0.1) is 0 Å². The molecule has 2 heterocycles. The predicted octanol–water partition coefficient (Wildman–Crippen LogP) is 7.30. The molecule has 2 aliphatic rings. The first-order chi connectivity index (χ1) is 27.6. The lowest BCUT2D eigenvalue weighted by Gasteiger charge is -2.28. The van der Waals surface area contributed by atoms with E-state index < -0.39 is 21.0 Å². The normalized spacial score (nSPS) is 16.5. The van der Waals surface area contributed by atoms with Gasteiger partial charge in [-0.1, -0.05) is 30.3 Å². The van der Waals surface area contributed by atoms with Gasteiger partial charge in [0.2, 0.25) is 0 Å². The summed E-state index contributed by atoms with van der Waals surface area (Å²) in [6.45, 7) is 19.2. The maximum absolute atomic E-state index is 13.0. The number of amides is 1. The quantitative estimate of drug-likeness (QED) is 0.0474. The molecule has 5 rings (SSSR count). The summed E-state index contributed by atoms with van der Waals surface area (Å²) >= 11 is 0.